The van der Waals surface area contributed by atoms with Gasteiger partial charge in [-0.15, -0.1) is 18.8 Å². The summed E-state index contributed by atoms with van der Waals surface area (Å²) >= 11 is 0. The highest BCUT2D eigenvalue weighted by molar-refractivity contribution is 7.46. The van der Waals surface area contributed by atoms with E-state index in [0.29, 0.717) is 6.42 Å². The normalized spacial score (nSPS) is 15.4. The van der Waals surface area contributed by atoms with Crippen LogP contribution in [-0.2, 0) is 9.09 Å². The Labute approximate surface area is 90.3 Å². The summed E-state index contributed by atoms with van der Waals surface area (Å²) < 4.78 is 15.4. The maximum atomic E-state index is 10.8. The van der Waals surface area contributed by atoms with E-state index < -0.39 is 13.4 Å². The Balaban J connectivity index is 4.93. The van der Waals surface area contributed by atoms with E-state index in [1.54, 1.807) is 0 Å². The van der Waals surface area contributed by atoms with Crippen LogP contribution in [0.25, 0.3) is 0 Å². The first-order valence-corrected chi connectivity index (χ1v) is 5.95. The fourth-order valence-electron chi connectivity index (χ4n) is 1.33. The molecule has 0 radical (unpaired) electrons. The molecule has 0 rings (SSSR count). The number of terminal acetylenes is 2. The Kier molecular flexibility index (Phi) is 5.08. The van der Waals surface area contributed by atoms with E-state index in [9.17, 15) is 4.57 Å². The predicted octanol–water partition coefficient (Wildman–Crippen LogP) is 1.54. The van der Waals surface area contributed by atoms with Crippen LogP contribution in [0.2, 0.25) is 0 Å². The van der Waals surface area contributed by atoms with E-state index in [-0.39, 0.29) is 12.3 Å². The first kappa shape index (κ1) is 14.2. The summed E-state index contributed by atoms with van der Waals surface area (Å²) in [4.78, 5) is 17.5. The fourth-order valence-corrected chi connectivity index (χ4v) is 1.98. The fraction of sp³-hybridized carbons (Fsp3) is 0.600. The Bertz CT molecular complexity index is 330. The largest absolute Gasteiger partial charge is 0.471 e. The molecule has 5 heteroatoms. The molecule has 15 heavy (non-hydrogen) atoms. The van der Waals surface area contributed by atoms with E-state index >= 15 is 0 Å². The highest BCUT2D eigenvalue weighted by atomic mass is 31.2. The number of rotatable bonds is 5. The second-order valence-electron chi connectivity index (χ2n) is 3.70. The molecule has 0 aromatic carbocycles. The molecule has 0 aliphatic heterocycles. The molecule has 0 heterocycles. The van der Waals surface area contributed by atoms with Crippen LogP contribution in [0, 0.1) is 30.6 Å². The first-order chi connectivity index (χ1) is 6.74. The van der Waals surface area contributed by atoms with Crippen molar-refractivity contribution < 1.29 is 18.9 Å². The molecule has 0 aromatic heterocycles. The molecule has 0 amide bonds. The van der Waals surface area contributed by atoms with Crippen molar-refractivity contribution in [3.05, 3.63) is 0 Å². The van der Waals surface area contributed by atoms with Crippen molar-refractivity contribution in [2.75, 3.05) is 0 Å². The number of phosphoric ester groups is 1. The molecule has 0 saturated carbocycles. The van der Waals surface area contributed by atoms with Gasteiger partial charge in [0.25, 0.3) is 0 Å². The van der Waals surface area contributed by atoms with Crippen LogP contribution < -0.4 is 0 Å². The second-order valence-corrected chi connectivity index (χ2v) is 4.86. The van der Waals surface area contributed by atoms with Crippen molar-refractivity contribution in [2.45, 2.75) is 32.3 Å². The molecule has 0 aliphatic rings. The van der Waals surface area contributed by atoms with Gasteiger partial charge in [-0.25, -0.2) is 4.57 Å². The molecule has 0 aliphatic carbocycles. The van der Waals surface area contributed by atoms with Gasteiger partial charge in [-0.2, -0.15) is 0 Å². The second kappa shape index (κ2) is 5.35. The molecular formula is C10H15O4P. The SMILES string of the molecule is C#CCC(C#C)(CC(C)C)OP(=O)(O)O. The van der Waals surface area contributed by atoms with Crippen molar-refractivity contribution in [3.63, 3.8) is 0 Å². The molecule has 0 aromatic rings. The minimum absolute atomic E-state index is 0.0210. The van der Waals surface area contributed by atoms with Crippen LogP contribution in [0.5, 0.6) is 0 Å². The topological polar surface area (TPSA) is 66.8 Å². The summed E-state index contributed by atoms with van der Waals surface area (Å²) in [5.74, 6) is 4.65. The molecule has 0 bridgehead atoms. The van der Waals surface area contributed by atoms with Gasteiger partial charge in [-0.1, -0.05) is 19.8 Å². The lowest BCUT2D eigenvalue weighted by atomic mass is 9.90. The summed E-state index contributed by atoms with van der Waals surface area (Å²) in [5, 5.41) is 0. The first-order valence-electron chi connectivity index (χ1n) is 4.42. The average Bonchev–Trinajstić information content (AvgIpc) is 2.00. The Morgan fingerprint density at radius 2 is 2.00 bits per heavy atom. The number of phosphoric acid groups is 1. The quantitative estimate of drug-likeness (QED) is 0.555. The standard InChI is InChI=1S/C10H15O4P/c1-5-7-10(6-2,8-9(3)4)14-15(11,12)13/h1-2,9H,7-8H2,3-4H3,(H2,11,12,13). The molecule has 4 nitrogen and oxygen atoms in total. The summed E-state index contributed by atoms with van der Waals surface area (Å²) in [5.41, 5.74) is -1.37. The molecule has 0 spiro atoms. The minimum atomic E-state index is -4.63. The summed E-state index contributed by atoms with van der Waals surface area (Å²) in [7, 11) is -4.63. The van der Waals surface area contributed by atoms with Gasteiger partial charge in [-0.05, 0) is 12.3 Å². The van der Waals surface area contributed by atoms with Gasteiger partial charge in [0.05, 0.1) is 0 Å². The zero-order chi connectivity index (χ0) is 12.1. The summed E-state index contributed by atoms with van der Waals surface area (Å²) in [6, 6.07) is 0. The maximum Gasteiger partial charge on any atom is 0.471 e. The monoisotopic (exact) mass is 230 g/mol. The van der Waals surface area contributed by atoms with Crippen molar-refractivity contribution in [1.29, 1.82) is 0 Å². The van der Waals surface area contributed by atoms with Gasteiger partial charge in [0.1, 0.15) is 0 Å². The molecular weight excluding hydrogens is 215 g/mol. The van der Waals surface area contributed by atoms with Crippen molar-refractivity contribution in [2.24, 2.45) is 5.92 Å². The molecule has 1 atom stereocenters. The van der Waals surface area contributed by atoms with Gasteiger partial charge in [0.2, 0.25) is 0 Å². The summed E-state index contributed by atoms with van der Waals surface area (Å²) in [6.45, 7) is 3.73. The van der Waals surface area contributed by atoms with Crippen LogP contribution in [0.3, 0.4) is 0 Å². The molecule has 0 saturated heterocycles. The summed E-state index contributed by atoms with van der Waals surface area (Å²) in [6.07, 6.45) is 10.6. The van der Waals surface area contributed by atoms with Crippen LogP contribution in [0.4, 0.5) is 0 Å². The van der Waals surface area contributed by atoms with Crippen LogP contribution >= 0.6 is 7.82 Å². The van der Waals surface area contributed by atoms with E-state index in [1.807, 2.05) is 13.8 Å². The van der Waals surface area contributed by atoms with Gasteiger partial charge in [0.15, 0.2) is 5.60 Å². The van der Waals surface area contributed by atoms with Crippen LogP contribution in [-0.4, -0.2) is 15.4 Å². The number of hydrogen-bond acceptors (Lipinski definition) is 2. The third kappa shape index (κ3) is 5.62. The lowest BCUT2D eigenvalue weighted by molar-refractivity contribution is 0.0682. The van der Waals surface area contributed by atoms with Gasteiger partial charge in [-0.3, -0.25) is 4.52 Å². The van der Waals surface area contributed by atoms with Crippen molar-refractivity contribution in [1.82, 2.24) is 0 Å². The third-order valence-electron chi connectivity index (χ3n) is 1.68. The zero-order valence-electron chi connectivity index (χ0n) is 8.80. The smallest absolute Gasteiger partial charge is 0.303 e. The Hall–Kier alpha value is -0.770. The zero-order valence-corrected chi connectivity index (χ0v) is 9.70. The number of hydrogen-bond donors (Lipinski definition) is 2. The van der Waals surface area contributed by atoms with Gasteiger partial charge in [0, 0.05) is 6.42 Å². The lowest BCUT2D eigenvalue weighted by Gasteiger charge is -2.28. The highest BCUT2D eigenvalue weighted by Crippen LogP contribution is 2.44. The Morgan fingerprint density at radius 1 is 1.47 bits per heavy atom. The molecule has 0 fully saturated rings. The minimum Gasteiger partial charge on any atom is -0.303 e. The predicted molar refractivity (Wildman–Crippen MR) is 57.6 cm³/mol. The van der Waals surface area contributed by atoms with E-state index in [1.165, 1.54) is 0 Å². The van der Waals surface area contributed by atoms with Crippen LogP contribution in [0.1, 0.15) is 26.7 Å². The van der Waals surface area contributed by atoms with Crippen molar-refractivity contribution >= 4 is 7.82 Å². The van der Waals surface area contributed by atoms with Gasteiger partial charge < -0.3 is 9.79 Å². The van der Waals surface area contributed by atoms with Crippen LogP contribution in [0.15, 0.2) is 0 Å². The molecule has 1 unspecified atom stereocenters. The van der Waals surface area contributed by atoms with E-state index in [4.69, 9.17) is 22.6 Å². The maximum absolute atomic E-state index is 10.8. The Morgan fingerprint density at radius 3 is 2.27 bits per heavy atom. The highest BCUT2D eigenvalue weighted by Gasteiger charge is 2.36. The van der Waals surface area contributed by atoms with E-state index in [2.05, 4.69) is 16.4 Å². The average molecular weight is 230 g/mol. The third-order valence-corrected chi connectivity index (χ3v) is 2.27. The van der Waals surface area contributed by atoms with E-state index in [0.717, 1.165) is 0 Å². The lowest BCUT2D eigenvalue weighted by Crippen LogP contribution is -2.31. The molecule has 84 valence electrons. The van der Waals surface area contributed by atoms with Gasteiger partial charge >= 0.3 is 7.82 Å². The molecule has 2 N–H and O–H groups in total. The van der Waals surface area contributed by atoms with Crippen molar-refractivity contribution in [3.8, 4) is 24.7 Å².